The molecule has 0 aliphatic heterocycles. The zero-order valence-electron chi connectivity index (χ0n) is 15.1. The molecule has 24 heavy (non-hydrogen) atoms. The molecule has 3 rings (SSSR count). The minimum atomic E-state index is -0.208. The van der Waals surface area contributed by atoms with Crippen LogP contribution in [0.2, 0.25) is 0 Å². The summed E-state index contributed by atoms with van der Waals surface area (Å²) in [5, 5.41) is 1.15. The molecule has 1 heterocycles. The molecule has 3 nitrogen and oxygen atoms in total. The van der Waals surface area contributed by atoms with E-state index in [0.717, 1.165) is 35.9 Å². The molecule has 2 aromatic rings. The van der Waals surface area contributed by atoms with Crippen LogP contribution in [-0.2, 0) is 19.4 Å². The van der Waals surface area contributed by atoms with Crippen LogP contribution in [0.1, 0.15) is 62.6 Å². The van der Waals surface area contributed by atoms with Gasteiger partial charge in [-0.3, -0.25) is 0 Å². The van der Waals surface area contributed by atoms with Gasteiger partial charge in [0.05, 0.1) is 13.1 Å². The normalized spacial score (nSPS) is 13.8. The maximum Gasteiger partial charge on any atom is 0.336 e. The van der Waals surface area contributed by atoms with E-state index in [-0.39, 0.29) is 5.63 Å². The molecule has 0 radical (unpaired) electrons. The summed E-state index contributed by atoms with van der Waals surface area (Å²) >= 11 is 0. The molecule has 1 aliphatic carbocycles. The summed E-state index contributed by atoms with van der Waals surface area (Å²) in [7, 11) is 0. The molecule has 0 saturated carbocycles. The Morgan fingerprint density at radius 2 is 1.67 bits per heavy atom. The standard InChI is InChI=1S/C21H29NO2/c1-3-5-10-22(11-6-4-2)15-18-14-21(23)24-20-13-17-9-7-8-16(17)12-19(18)20/h12-14H,3-11,15H2,1-2H3/p+1. The lowest BCUT2D eigenvalue weighted by Gasteiger charge is -2.20. The summed E-state index contributed by atoms with van der Waals surface area (Å²) in [5.41, 5.74) is 4.55. The maximum atomic E-state index is 12.0. The Balaban J connectivity index is 1.93. The van der Waals surface area contributed by atoms with Crippen LogP contribution in [0.25, 0.3) is 11.0 Å². The van der Waals surface area contributed by atoms with E-state index < -0.39 is 0 Å². The Bertz CT molecular complexity index is 739. The predicted molar refractivity (Wildman–Crippen MR) is 98.7 cm³/mol. The first-order chi connectivity index (χ1) is 11.7. The van der Waals surface area contributed by atoms with Crippen molar-refractivity contribution in [3.8, 4) is 0 Å². The predicted octanol–water partition coefficient (Wildman–Crippen LogP) is 3.27. The van der Waals surface area contributed by atoms with E-state index in [4.69, 9.17) is 4.42 Å². The number of benzene rings is 1. The molecular weight excluding hydrogens is 298 g/mol. The molecular formula is C21H30NO2+. The monoisotopic (exact) mass is 328 g/mol. The van der Waals surface area contributed by atoms with Gasteiger partial charge >= 0.3 is 5.63 Å². The van der Waals surface area contributed by atoms with E-state index in [0.29, 0.717) is 0 Å². The van der Waals surface area contributed by atoms with Gasteiger partial charge in [-0.05, 0) is 55.4 Å². The maximum absolute atomic E-state index is 12.0. The average Bonchev–Trinajstić information content (AvgIpc) is 3.02. The molecule has 1 aromatic carbocycles. The summed E-state index contributed by atoms with van der Waals surface area (Å²) in [6, 6.07) is 6.12. The first-order valence-electron chi connectivity index (χ1n) is 9.63. The Morgan fingerprint density at radius 1 is 1.00 bits per heavy atom. The Labute approximate surface area is 144 Å². The van der Waals surface area contributed by atoms with E-state index in [1.165, 1.54) is 56.3 Å². The molecule has 1 aliphatic rings. The molecule has 0 saturated heterocycles. The van der Waals surface area contributed by atoms with Gasteiger partial charge in [0.1, 0.15) is 12.1 Å². The second-order valence-corrected chi connectivity index (χ2v) is 7.20. The van der Waals surface area contributed by atoms with E-state index in [9.17, 15) is 4.79 Å². The number of fused-ring (bicyclic) bond motifs is 2. The van der Waals surface area contributed by atoms with Gasteiger partial charge in [-0.1, -0.05) is 26.7 Å². The van der Waals surface area contributed by atoms with Gasteiger partial charge in [0.25, 0.3) is 0 Å². The Morgan fingerprint density at radius 3 is 2.33 bits per heavy atom. The fraction of sp³-hybridized carbons (Fsp3) is 0.571. The Kier molecular flexibility index (Phi) is 5.72. The second kappa shape index (κ2) is 7.98. The minimum Gasteiger partial charge on any atom is -0.423 e. The number of hydrogen-bond donors (Lipinski definition) is 1. The van der Waals surface area contributed by atoms with Gasteiger partial charge < -0.3 is 9.32 Å². The van der Waals surface area contributed by atoms with E-state index in [2.05, 4.69) is 26.0 Å². The third-order valence-electron chi connectivity index (χ3n) is 5.25. The molecule has 0 atom stereocenters. The summed E-state index contributed by atoms with van der Waals surface area (Å²) in [4.78, 5) is 13.6. The third kappa shape index (κ3) is 3.89. The van der Waals surface area contributed by atoms with Gasteiger partial charge in [0.15, 0.2) is 0 Å². The van der Waals surface area contributed by atoms with Crippen LogP contribution in [0.3, 0.4) is 0 Å². The highest BCUT2D eigenvalue weighted by atomic mass is 16.4. The van der Waals surface area contributed by atoms with Crippen LogP contribution in [0.4, 0.5) is 0 Å². The molecule has 0 fully saturated rings. The van der Waals surface area contributed by atoms with Crippen molar-refractivity contribution >= 4 is 11.0 Å². The molecule has 0 amide bonds. The van der Waals surface area contributed by atoms with Crippen molar-refractivity contribution in [1.82, 2.24) is 0 Å². The minimum absolute atomic E-state index is 0.208. The van der Waals surface area contributed by atoms with Crippen LogP contribution < -0.4 is 10.5 Å². The first-order valence-corrected chi connectivity index (χ1v) is 9.63. The third-order valence-corrected chi connectivity index (χ3v) is 5.25. The highest BCUT2D eigenvalue weighted by Crippen LogP contribution is 2.28. The fourth-order valence-corrected chi connectivity index (χ4v) is 3.87. The van der Waals surface area contributed by atoms with Crippen molar-refractivity contribution < 1.29 is 9.32 Å². The molecule has 0 spiro atoms. The van der Waals surface area contributed by atoms with Crippen molar-refractivity contribution in [3.05, 3.63) is 45.3 Å². The van der Waals surface area contributed by atoms with Gasteiger partial charge in [0, 0.05) is 17.0 Å². The summed E-state index contributed by atoms with van der Waals surface area (Å²) in [5.74, 6) is 0. The van der Waals surface area contributed by atoms with Crippen molar-refractivity contribution in [1.29, 1.82) is 0 Å². The lowest BCUT2D eigenvalue weighted by Crippen LogP contribution is -3.10. The molecule has 0 bridgehead atoms. The number of nitrogens with one attached hydrogen (secondary N) is 1. The number of aryl methyl sites for hydroxylation is 2. The quantitative estimate of drug-likeness (QED) is 0.755. The lowest BCUT2D eigenvalue weighted by molar-refractivity contribution is -0.914. The van der Waals surface area contributed by atoms with Crippen molar-refractivity contribution in [3.63, 3.8) is 0 Å². The molecule has 0 unspecified atom stereocenters. The van der Waals surface area contributed by atoms with Crippen molar-refractivity contribution in [2.24, 2.45) is 0 Å². The van der Waals surface area contributed by atoms with Gasteiger partial charge in [-0.2, -0.15) is 0 Å². The van der Waals surface area contributed by atoms with Gasteiger partial charge in [-0.25, -0.2) is 4.79 Å². The summed E-state index contributed by atoms with van der Waals surface area (Å²) < 4.78 is 5.51. The number of quaternary nitrogens is 1. The van der Waals surface area contributed by atoms with Gasteiger partial charge in [-0.15, -0.1) is 0 Å². The SMILES string of the molecule is CCCC[NH+](CCCC)Cc1cc(=O)oc2cc3c(cc12)CCC3. The van der Waals surface area contributed by atoms with Gasteiger partial charge in [0.2, 0.25) is 0 Å². The summed E-state index contributed by atoms with van der Waals surface area (Å²) in [6.07, 6.45) is 8.43. The highest BCUT2D eigenvalue weighted by Gasteiger charge is 2.17. The van der Waals surface area contributed by atoms with Crippen LogP contribution in [0.5, 0.6) is 0 Å². The van der Waals surface area contributed by atoms with Crippen molar-refractivity contribution in [2.75, 3.05) is 13.1 Å². The highest BCUT2D eigenvalue weighted by molar-refractivity contribution is 5.82. The summed E-state index contributed by atoms with van der Waals surface area (Å²) in [6.45, 7) is 7.79. The fourth-order valence-electron chi connectivity index (χ4n) is 3.87. The smallest absolute Gasteiger partial charge is 0.336 e. The van der Waals surface area contributed by atoms with Crippen LogP contribution >= 0.6 is 0 Å². The zero-order valence-corrected chi connectivity index (χ0v) is 15.1. The molecule has 1 aromatic heterocycles. The van der Waals surface area contributed by atoms with E-state index in [1.807, 2.05) is 0 Å². The van der Waals surface area contributed by atoms with Crippen LogP contribution in [0, 0.1) is 0 Å². The first kappa shape index (κ1) is 17.2. The zero-order chi connectivity index (χ0) is 16.9. The number of rotatable bonds is 8. The average molecular weight is 328 g/mol. The lowest BCUT2D eigenvalue weighted by atomic mass is 10.0. The second-order valence-electron chi connectivity index (χ2n) is 7.20. The Hall–Kier alpha value is -1.61. The largest absolute Gasteiger partial charge is 0.423 e. The number of unbranched alkanes of at least 4 members (excludes halogenated alkanes) is 2. The molecule has 3 heteroatoms. The topological polar surface area (TPSA) is 34.7 Å². The van der Waals surface area contributed by atoms with Crippen LogP contribution in [-0.4, -0.2) is 13.1 Å². The van der Waals surface area contributed by atoms with E-state index >= 15 is 0 Å². The van der Waals surface area contributed by atoms with Crippen LogP contribution in [0.15, 0.2) is 27.4 Å². The van der Waals surface area contributed by atoms with E-state index in [1.54, 1.807) is 11.0 Å². The number of hydrogen-bond acceptors (Lipinski definition) is 2. The van der Waals surface area contributed by atoms with Crippen molar-refractivity contribution in [2.45, 2.75) is 65.3 Å². The molecule has 1 N–H and O–H groups in total. The molecule has 130 valence electrons.